The Bertz CT molecular complexity index is 347. The van der Waals surface area contributed by atoms with E-state index in [1.807, 2.05) is 26.0 Å². The molecule has 0 saturated carbocycles. The van der Waals surface area contributed by atoms with Crippen molar-refractivity contribution in [2.75, 3.05) is 6.54 Å². The Hall–Kier alpha value is -1.29. The van der Waals surface area contributed by atoms with Gasteiger partial charge in [-0.2, -0.15) is 0 Å². The third kappa shape index (κ3) is 4.92. The lowest BCUT2D eigenvalue weighted by Crippen LogP contribution is -2.43. The summed E-state index contributed by atoms with van der Waals surface area (Å²) in [4.78, 5) is 11.8. The summed E-state index contributed by atoms with van der Waals surface area (Å²) in [5, 5.41) is 6.15. The Morgan fingerprint density at radius 2 is 2.06 bits per heavy atom. The van der Waals surface area contributed by atoms with Crippen molar-refractivity contribution < 1.29 is 9.21 Å². The maximum absolute atomic E-state index is 11.8. The zero-order chi connectivity index (χ0) is 13.5. The van der Waals surface area contributed by atoms with Crippen molar-refractivity contribution in [1.29, 1.82) is 0 Å². The van der Waals surface area contributed by atoms with Gasteiger partial charge in [0, 0.05) is 6.54 Å². The molecular formula is C14H24N2O2. The first-order chi connectivity index (χ1) is 8.50. The van der Waals surface area contributed by atoms with Crippen molar-refractivity contribution in [1.82, 2.24) is 10.6 Å². The van der Waals surface area contributed by atoms with Crippen LogP contribution in [0, 0.1) is 5.92 Å². The average Bonchev–Trinajstić information content (AvgIpc) is 2.81. The number of amides is 1. The zero-order valence-electron chi connectivity index (χ0n) is 11.7. The predicted octanol–water partition coefficient (Wildman–Crippen LogP) is 2.48. The van der Waals surface area contributed by atoms with Crippen LogP contribution in [0.1, 0.15) is 45.9 Å². The molecule has 0 radical (unpaired) electrons. The number of hydrogen-bond acceptors (Lipinski definition) is 3. The van der Waals surface area contributed by atoms with Crippen LogP contribution >= 0.6 is 0 Å². The molecule has 0 aliphatic carbocycles. The quantitative estimate of drug-likeness (QED) is 0.784. The van der Waals surface area contributed by atoms with Gasteiger partial charge < -0.3 is 9.73 Å². The first kappa shape index (κ1) is 14.8. The fourth-order valence-electron chi connectivity index (χ4n) is 1.71. The fraction of sp³-hybridized carbons (Fsp3) is 0.643. The molecule has 2 atom stereocenters. The van der Waals surface area contributed by atoms with E-state index in [9.17, 15) is 4.79 Å². The Kier molecular flexibility index (Phi) is 5.92. The summed E-state index contributed by atoms with van der Waals surface area (Å²) in [7, 11) is 0. The van der Waals surface area contributed by atoms with Gasteiger partial charge in [0.25, 0.3) is 0 Å². The number of furan rings is 1. The first-order valence-corrected chi connectivity index (χ1v) is 6.58. The molecule has 4 nitrogen and oxygen atoms in total. The van der Waals surface area contributed by atoms with E-state index in [-0.39, 0.29) is 18.0 Å². The smallest absolute Gasteiger partial charge is 0.236 e. The van der Waals surface area contributed by atoms with Crippen LogP contribution < -0.4 is 10.6 Å². The SMILES string of the molecule is CC(C)CCNC(=O)C(C)N[C@@H](C)c1ccco1. The molecule has 0 saturated heterocycles. The van der Waals surface area contributed by atoms with Gasteiger partial charge in [-0.3, -0.25) is 10.1 Å². The number of carbonyl (C=O) groups is 1. The van der Waals surface area contributed by atoms with Gasteiger partial charge in [-0.25, -0.2) is 0 Å². The summed E-state index contributed by atoms with van der Waals surface area (Å²) in [5.41, 5.74) is 0. The summed E-state index contributed by atoms with van der Waals surface area (Å²) < 4.78 is 5.29. The van der Waals surface area contributed by atoms with E-state index in [1.54, 1.807) is 6.26 Å². The minimum absolute atomic E-state index is 0.0332. The summed E-state index contributed by atoms with van der Waals surface area (Å²) >= 11 is 0. The van der Waals surface area contributed by atoms with Crippen LogP contribution in [0.25, 0.3) is 0 Å². The normalized spacial score (nSPS) is 14.5. The van der Waals surface area contributed by atoms with Crippen molar-refractivity contribution in [2.24, 2.45) is 5.92 Å². The van der Waals surface area contributed by atoms with Gasteiger partial charge >= 0.3 is 0 Å². The molecule has 1 unspecified atom stereocenters. The Morgan fingerprint density at radius 1 is 1.33 bits per heavy atom. The van der Waals surface area contributed by atoms with Crippen molar-refractivity contribution in [3.63, 3.8) is 0 Å². The van der Waals surface area contributed by atoms with E-state index in [4.69, 9.17) is 4.42 Å². The van der Waals surface area contributed by atoms with E-state index < -0.39 is 0 Å². The molecule has 0 aromatic carbocycles. The van der Waals surface area contributed by atoms with Gasteiger partial charge in [-0.1, -0.05) is 13.8 Å². The highest BCUT2D eigenvalue weighted by Gasteiger charge is 2.17. The molecule has 1 heterocycles. The molecule has 0 spiro atoms. The standard InChI is InChI=1S/C14H24N2O2/c1-10(2)7-8-15-14(17)12(4)16-11(3)13-6-5-9-18-13/h5-6,9-12,16H,7-8H2,1-4H3,(H,15,17)/t11-,12?/m0/s1. The topological polar surface area (TPSA) is 54.3 Å². The lowest BCUT2D eigenvalue weighted by atomic mass is 10.1. The molecule has 0 aliphatic heterocycles. The third-order valence-electron chi connectivity index (χ3n) is 2.88. The minimum atomic E-state index is -0.225. The Morgan fingerprint density at radius 3 is 2.61 bits per heavy atom. The average molecular weight is 252 g/mol. The maximum Gasteiger partial charge on any atom is 0.236 e. The van der Waals surface area contributed by atoms with Gasteiger partial charge in [0.1, 0.15) is 5.76 Å². The molecule has 1 aromatic heterocycles. The van der Waals surface area contributed by atoms with Crippen LogP contribution in [0.3, 0.4) is 0 Å². The Balaban J connectivity index is 2.31. The summed E-state index contributed by atoms with van der Waals surface area (Å²) in [6, 6.07) is 3.56. The minimum Gasteiger partial charge on any atom is -0.468 e. The van der Waals surface area contributed by atoms with E-state index in [2.05, 4.69) is 24.5 Å². The molecule has 1 aromatic rings. The maximum atomic E-state index is 11.8. The van der Waals surface area contributed by atoms with Gasteiger partial charge in [0.15, 0.2) is 0 Å². The molecular weight excluding hydrogens is 228 g/mol. The Labute approximate surface area is 109 Å². The van der Waals surface area contributed by atoms with E-state index in [0.717, 1.165) is 18.7 Å². The number of rotatable bonds is 7. The highest BCUT2D eigenvalue weighted by molar-refractivity contribution is 5.81. The molecule has 0 fully saturated rings. The van der Waals surface area contributed by atoms with Crippen LogP contribution in [0.4, 0.5) is 0 Å². The fourth-order valence-corrected chi connectivity index (χ4v) is 1.71. The van der Waals surface area contributed by atoms with Crippen LogP contribution in [0.5, 0.6) is 0 Å². The highest BCUT2D eigenvalue weighted by Crippen LogP contribution is 2.12. The summed E-state index contributed by atoms with van der Waals surface area (Å²) in [6.45, 7) is 8.87. The van der Waals surface area contributed by atoms with E-state index in [1.165, 1.54) is 0 Å². The van der Waals surface area contributed by atoms with E-state index in [0.29, 0.717) is 5.92 Å². The first-order valence-electron chi connectivity index (χ1n) is 6.58. The molecule has 4 heteroatoms. The van der Waals surface area contributed by atoms with Gasteiger partial charge in [0.2, 0.25) is 5.91 Å². The predicted molar refractivity (Wildman–Crippen MR) is 72.2 cm³/mol. The lowest BCUT2D eigenvalue weighted by Gasteiger charge is -2.18. The van der Waals surface area contributed by atoms with E-state index >= 15 is 0 Å². The second-order valence-corrected chi connectivity index (χ2v) is 5.10. The zero-order valence-corrected chi connectivity index (χ0v) is 11.7. The van der Waals surface area contributed by atoms with Crippen molar-refractivity contribution >= 4 is 5.91 Å². The van der Waals surface area contributed by atoms with Gasteiger partial charge in [-0.05, 0) is 38.3 Å². The van der Waals surface area contributed by atoms with Crippen molar-refractivity contribution in [2.45, 2.75) is 46.2 Å². The molecule has 1 rings (SSSR count). The number of carbonyl (C=O) groups excluding carboxylic acids is 1. The third-order valence-corrected chi connectivity index (χ3v) is 2.88. The molecule has 18 heavy (non-hydrogen) atoms. The monoisotopic (exact) mass is 252 g/mol. The second kappa shape index (κ2) is 7.21. The molecule has 0 aliphatic rings. The lowest BCUT2D eigenvalue weighted by molar-refractivity contribution is -0.123. The molecule has 0 bridgehead atoms. The summed E-state index contributed by atoms with van der Waals surface area (Å²) in [6.07, 6.45) is 2.65. The van der Waals surface area contributed by atoms with Crippen LogP contribution in [-0.4, -0.2) is 18.5 Å². The number of nitrogens with one attached hydrogen (secondary N) is 2. The largest absolute Gasteiger partial charge is 0.468 e. The van der Waals surface area contributed by atoms with Gasteiger partial charge in [-0.15, -0.1) is 0 Å². The van der Waals surface area contributed by atoms with Crippen LogP contribution in [-0.2, 0) is 4.79 Å². The molecule has 2 N–H and O–H groups in total. The molecule has 1 amide bonds. The van der Waals surface area contributed by atoms with Crippen molar-refractivity contribution in [3.05, 3.63) is 24.2 Å². The highest BCUT2D eigenvalue weighted by atomic mass is 16.3. The van der Waals surface area contributed by atoms with Crippen molar-refractivity contribution in [3.8, 4) is 0 Å². The van der Waals surface area contributed by atoms with Crippen LogP contribution in [0.15, 0.2) is 22.8 Å². The summed E-state index contributed by atoms with van der Waals surface area (Å²) in [5.74, 6) is 1.49. The van der Waals surface area contributed by atoms with Crippen LogP contribution in [0.2, 0.25) is 0 Å². The second-order valence-electron chi connectivity index (χ2n) is 5.10. The molecule has 102 valence electrons. The van der Waals surface area contributed by atoms with Gasteiger partial charge in [0.05, 0.1) is 18.3 Å². The number of hydrogen-bond donors (Lipinski definition) is 2.